The first kappa shape index (κ1) is 18.3. The lowest BCUT2D eigenvalue weighted by molar-refractivity contribution is 0.0303. The lowest BCUT2D eigenvalue weighted by Gasteiger charge is -2.27. The number of morpholine rings is 1. The van der Waals surface area contributed by atoms with Gasteiger partial charge in [0.15, 0.2) is 0 Å². The minimum absolute atomic E-state index is 0.00363. The van der Waals surface area contributed by atoms with E-state index in [-0.39, 0.29) is 5.91 Å². The van der Waals surface area contributed by atoms with Crippen molar-refractivity contribution in [1.82, 2.24) is 24.8 Å². The van der Waals surface area contributed by atoms with Gasteiger partial charge in [0, 0.05) is 36.1 Å². The van der Waals surface area contributed by atoms with Crippen LogP contribution in [0.4, 0.5) is 11.6 Å². The zero-order valence-electron chi connectivity index (χ0n) is 16.2. The highest BCUT2D eigenvalue weighted by Gasteiger charge is 2.18. The van der Waals surface area contributed by atoms with Gasteiger partial charge in [0.25, 0.3) is 5.91 Å². The number of nitrogens with one attached hydrogen (secondary N) is 2. The van der Waals surface area contributed by atoms with Gasteiger partial charge < -0.3 is 19.9 Å². The van der Waals surface area contributed by atoms with Crippen molar-refractivity contribution in [3.8, 4) is 11.3 Å². The minimum Gasteiger partial charge on any atom is -0.378 e. The molecule has 5 rings (SSSR count). The molecule has 150 valence electrons. The Morgan fingerprint density at radius 3 is 2.87 bits per heavy atom. The third kappa shape index (κ3) is 3.72. The average molecular weight is 400 g/mol. The summed E-state index contributed by atoms with van der Waals surface area (Å²) in [6, 6.07) is 15.2. The maximum Gasteiger partial charge on any atom is 0.254 e. The predicted molar refractivity (Wildman–Crippen MR) is 114 cm³/mol. The third-order valence-corrected chi connectivity index (χ3v) is 5.04. The molecule has 8 heteroatoms. The molecule has 1 fully saturated rings. The first-order chi connectivity index (χ1) is 14.8. The molecule has 0 bridgehead atoms. The summed E-state index contributed by atoms with van der Waals surface area (Å²) < 4.78 is 5.33. The lowest BCUT2D eigenvalue weighted by Crippen LogP contribution is -2.40. The maximum atomic E-state index is 12.7. The number of carbonyl (C=O) groups excluding carboxylic acids is 1. The van der Waals surface area contributed by atoms with Crippen LogP contribution in [0.1, 0.15) is 10.4 Å². The number of amides is 1. The van der Waals surface area contributed by atoms with Gasteiger partial charge >= 0.3 is 0 Å². The molecule has 0 radical (unpaired) electrons. The SMILES string of the molecule is O=C(c1cccc(Nc2nccc(-c3ccc4[nH]cnc4c3)n2)c1)N1CCOCC1. The van der Waals surface area contributed by atoms with Gasteiger partial charge in [0.1, 0.15) is 0 Å². The fourth-order valence-corrected chi connectivity index (χ4v) is 3.48. The molecule has 1 aliphatic heterocycles. The van der Waals surface area contributed by atoms with Crippen LogP contribution in [-0.2, 0) is 4.74 Å². The molecule has 0 unspecified atom stereocenters. The van der Waals surface area contributed by atoms with Crippen molar-refractivity contribution in [3.63, 3.8) is 0 Å². The van der Waals surface area contributed by atoms with E-state index in [9.17, 15) is 4.79 Å². The maximum absolute atomic E-state index is 12.7. The van der Waals surface area contributed by atoms with Gasteiger partial charge in [-0.2, -0.15) is 0 Å². The van der Waals surface area contributed by atoms with Gasteiger partial charge in [-0.25, -0.2) is 15.0 Å². The number of ether oxygens (including phenoxy) is 1. The monoisotopic (exact) mass is 400 g/mol. The summed E-state index contributed by atoms with van der Waals surface area (Å²) in [5.41, 5.74) is 4.99. The van der Waals surface area contributed by atoms with Crippen LogP contribution in [0.2, 0.25) is 0 Å². The molecular weight excluding hydrogens is 380 g/mol. The number of hydrogen-bond donors (Lipinski definition) is 2. The second-order valence-corrected chi connectivity index (χ2v) is 7.01. The summed E-state index contributed by atoms with van der Waals surface area (Å²) in [7, 11) is 0. The number of carbonyl (C=O) groups is 1. The number of benzene rings is 2. The van der Waals surface area contributed by atoms with E-state index in [1.807, 2.05) is 53.4 Å². The number of rotatable bonds is 4. The Kier molecular flexibility index (Phi) is 4.82. The number of H-pyrrole nitrogens is 1. The second-order valence-electron chi connectivity index (χ2n) is 7.01. The van der Waals surface area contributed by atoms with Gasteiger partial charge in [0.05, 0.1) is 36.3 Å². The zero-order chi connectivity index (χ0) is 20.3. The first-order valence-corrected chi connectivity index (χ1v) is 9.77. The van der Waals surface area contributed by atoms with Crippen molar-refractivity contribution < 1.29 is 9.53 Å². The van der Waals surface area contributed by atoms with Crippen molar-refractivity contribution in [2.45, 2.75) is 0 Å². The van der Waals surface area contributed by atoms with Gasteiger partial charge in [-0.05, 0) is 36.4 Å². The molecule has 0 aliphatic carbocycles. The van der Waals surface area contributed by atoms with Crippen LogP contribution in [0.25, 0.3) is 22.3 Å². The quantitative estimate of drug-likeness (QED) is 0.546. The first-order valence-electron chi connectivity index (χ1n) is 9.77. The number of anilines is 2. The zero-order valence-corrected chi connectivity index (χ0v) is 16.2. The smallest absolute Gasteiger partial charge is 0.254 e. The highest BCUT2D eigenvalue weighted by Crippen LogP contribution is 2.23. The van der Waals surface area contributed by atoms with E-state index in [0.717, 1.165) is 28.0 Å². The Hall–Kier alpha value is -3.78. The standard InChI is InChI=1S/C22H20N6O2/c29-21(28-8-10-30-11-9-28)16-2-1-3-17(12-16)26-22-23-7-6-18(27-22)15-4-5-19-20(13-15)25-14-24-19/h1-7,12-14H,8-11H2,(H,24,25)(H,23,26,27). The molecule has 30 heavy (non-hydrogen) atoms. The topological polar surface area (TPSA) is 96.0 Å². The minimum atomic E-state index is 0.00363. The molecule has 4 aromatic rings. The van der Waals surface area contributed by atoms with E-state index in [2.05, 4.69) is 25.3 Å². The summed E-state index contributed by atoms with van der Waals surface area (Å²) in [6.07, 6.45) is 3.38. The fraction of sp³-hybridized carbons (Fsp3) is 0.182. The Bertz CT molecular complexity index is 1200. The molecule has 2 N–H and O–H groups in total. The summed E-state index contributed by atoms with van der Waals surface area (Å²) in [6.45, 7) is 2.38. The molecule has 0 atom stereocenters. The Morgan fingerprint density at radius 2 is 1.97 bits per heavy atom. The van der Waals surface area contributed by atoms with Crippen molar-refractivity contribution in [3.05, 3.63) is 66.6 Å². The van der Waals surface area contributed by atoms with Crippen LogP contribution < -0.4 is 5.32 Å². The van der Waals surface area contributed by atoms with Gasteiger partial charge in [0.2, 0.25) is 5.95 Å². The van der Waals surface area contributed by atoms with Gasteiger partial charge in [-0.3, -0.25) is 4.79 Å². The van der Waals surface area contributed by atoms with Crippen molar-refractivity contribution in [1.29, 1.82) is 0 Å². The summed E-state index contributed by atoms with van der Waals surface area (Å²) in [4.78, 5) is 30.9. The molecule has 2 aromatic heterocycles. The predicted octanol–water partition coefficient (Wildman–Crippen LogP) is 3.24. The molecule has 0 spiro atoms. The second kappa shape index (κ2) is 7.92. The summed E-state index contributed by atoms with van der Waals surface area (Å²) in [5.74, 6) is 0.467. The molecule has 0 saturated carbocycles. The Labute approximate surface area is 172 Å². The average Bonchev–Trinajstić information content (AvgIpc) is 3.27. The highest BCUT2D eigenvalue weighted by molar-refractivity contribution is 5.95. The van der Waals surface area contributed by atoms with Gasteiger partial charge in [-0.15, -0.1) is 0 Å². The van der Waals surface area contributed by atoms with Crippen LogP contribution in [0.15, 0.2) is 61.1 Å². The van der Waals surface area contributed by atoms with Crippen LogP contribution in [-0.4, -0.2) is 57.0 Å². The van der Waals surface area contributed by atoms with Gasteiger partial charge in [-0.1, -0.05) is 12.1 Å². The van der Waals surface area contributed by atoms with Crippen molar-refractivity contribution in [2.75, 3.05) is 31.6 Å². The van der Waals surface area contributed by atoms with Crippen LogP contribution >= 0.6 is 0 Å². The Balaban J connectivity index is 1.37. The number of imidazole rings is 1. The highest BCUT2D eigenvalue weighted by atomic mass is 16.5. The largest absolute Gasteiger partial charge is 0.378 e. The fourth-order valence-electron chi connectivity index (χ4n) is 3.48. The number of aromatic nitrogens is 4. The van der Waals surface area contributed by atoms with E-state index < -0.39 is 0 Å². The van der Waals surface area contributed by atoms with E-state index >= 15 is 0 Å². The molecule has 8 nitrogen and oxygen atoms in total. The third-order valence-electron chi connectivity index (χ3n) is 5.04. The van der Waals surface area contributed by atoms with Crippen LogP contribution in [0.5, 0.6) is 0 Å². The van der Waals surface area contributed by atoms with Crippen molar-refractivity contribution >= 4 is 28.6 Å². The van der Waals surface area contributed by atoms with E-state index in [1.54, 1.807) is 12.5 Å². The lowest BCUT2D eigenvalue weighted by atomic mass is 10.1. The molecule has 3 heterocycles. The normalized spacial score (nSPS) is 14.1. The molecule has 1 aliphatic rings. The Morgan fingerprint density at radius 1 is 1.07 bits per heavy atom. The molecule has 1 amide bonds. The summed E-state index contributed by atoms with van der Waals surface area (Å²) >= 11 is 0. The molecular formula is C22H20N6O2. The summed E-state index contributed by atoms with van der Waals surface area (Å²) in [5, 5.41) is 3.20. The van der Waals surface area contributed by atoms with E-state index in [4.69, 9.17) is 4.74 Å². The van der Waals surface area contributed by atoms with Crippen LogP contribution in [0, 0.1) is 0 Å². The number of hydrogen-bond acceptors (Lipinski definition) is 6. The van der Waals surface area contributed by atoms with Crippen LogP contribution in [0.3, 0.4) is 0 Å². The molecule has 1 saturated heterocycles. The number of aromatic amines is 1. The molecule has 2 aromatic carbocycles. The van der Waals surface area contributed by atoms with Crippen molar-refractivity contribution in [2.24, 2.45) is 0 Å². The van der Waals surface area contributed by atoms with E-state index in [0.29, 0.717) is 37.8 Å². The number of fused-ring (bicyclic) bond motifs is 1. The van der Waals surface area contributed by atoms with E-state index in [1.165, 1.54) is 0 Å². The number of nitrogens with zero attached hydrogens (tertiary/aromatic N) is 4.